The number of ether oxygens (including phenoxy) is 1. The fourth-order valence-electron chi connectivity index (χ4n) is 2.11. The minimum atomic E-state index is -0.546. The van der Waals surface area contributed by atoms with Gasteiger partial charge in [0.1, 0.15) is 27.2 Å². The highest BCUT2D eigenvalue weighted by atomic mass is 35.5. The molecule has 0 aliphatic heterocycles. The topological polar surface area (TPSA) is 78.6 Å². The molecule has 0 atom stereocenters. The maximum atomic E-state index is 12.9. The Morgan fingerprint density at radius 1 is 1.36 bits per heavy atom. The molecule has 2 aromatic rings. The van der Waals surface area contributed by atoms with E-state index in [9.17, 15) is 10.0 Å². The quantitative estimate of drug-likeness (QED) is 0.435. The Balaban J connectivity index is 1.94. The summed E-state index contributed by atoms with van der Waals surface area (Å²) >= 11 is 12.2. The molecule has 0 spiro atoms. The summed E-state index contributed by atoms with van der Waals surface area (Å²) in [5, 5.41) is 12.4. The SMILES string of the molecule is COc1ccc(C(=O)N(OCC2CC2)c2c(Cl)c[n+]([O-])cc2Cl)nc1. The molecule has 3 rings (SSSR count). The summed E-state index contributed by atoms with van der Waals surface area (Å²) in [5.74, 6) is 0.366. The Morgan fingerprint density at radius 3 is 2.56 bits per heavy atom. The zero-order valence-electron chi connectivity index (χ0n) is 13.3. The van der Waals surface area contributed by atoms with Gasteiger partial charge in [-0.25, -0.2) is 4.98 Å². The van der Waals surface area contributed by atoms with Gasteiger partial charge in [-0.05, 0) is 30.9 Å². The highest BCUT2D eigenvalue weighted by molar-refractivity contribution is 6.39. The molecule has 1 aliphatic rings. The van der Waals surface area contributed by atoms with Crippen molar-refractivity contribution in [3.8, 4) is 5.75 Å². The van der Waals surface area contributed by atoms with Gasteiger partial charge in [0.25, 0.3) is 0 Å². The summed E-state index contributed by atoms with van der Waals surface area (Å²) in [7, 11) is 1.51. The largest absolute Gasteiger partial charge is 0.619 e. The Labute approximate surface area is 154 Å². The van der Waals surface area contributed by atoms with Crippen LogP contribution in [0.4, 0.5) is 5.69 Å². The summed E-state index contributed by atoms with van der Waals surface area (Å²) in [4.78, 5) is 22.6. The number of aromatic nitrogens is 2. The minimum absolute atomic E-state index is 0.000147. The number of pyridine rings is 2. The lowest BCUT2D eigenvalue weighted by atomic mass is 10.3. The third-order valence-corrected chi connectivity index (χ3v) is 4.20. The van der Waals surface area contributed by atoms with Crippen molar-refractivity contribution in [1.29, 1.82) is 0 Å². The fourth-order valence-corrected chi connectivity index (χ4v) is 2.71. The van der Waals surface area contributed by atoms with E-state index in [1.54, 1.807) is 6.07 Å². The summed E-state index contributed by atoms with van der Waals surface area (Å²) in [5.41, 5.74) is 0.237. The number of rotatable bonds is 6. The molecule has 25 heavy (non-hydrogen) atoms. The second-order valence-electron chi connectivity index (χ2n) is 5.58. The minimum Gasteiger partial charge on any atom is -0.619 e. The number of methoxy groups -OCH3 is 1. The molecule has 7 nitrogen and oxygen atoms in total. The third-order valence-electron chi connectivity index (χ3n) is 3.65. The number of carbonyl (C=O) groups excluding carboxylic acids is 1. The second-order valence-corrected chi connectivity index (χ2v) is 6.40. The van der Waals surface area contributed by atoms with Gasteiger partial charge in [-0.1, -0.05) is 23.2 Å². The second kappa shape index (κ2) is 7.43. The van der Waals surface area contributed by atoms with E-state index >= 15 is 0 Å². The van der Waals surface area contributed by atoms with Crippen LogP contribution in [0.2, 0.25) is 10.0 Å². The van der Waals surface area contributed by atoms with E-state index in [-0.39, 0.29) is 21.4 Å². The lowest BCUT2D eigenvalue weighted by molar-refractivity contribution is -0.605. The van der Waals surface area contributed by atoms with Crippen LogP contribution in [0.1, 0.15) is 23.3 Å². The van der Waals surface area contributed by atoms with E-state index in [1.807, 2.05) is 0 Å². The monoisotopic (exact) mass is 383 g/mol. The molecule has 0 saturated heterocycles. The third kappa shape index (κ3) is 4.12. The van der Waals surface area contributed by atoms with Crippen LogP contribution in [-0.2, 0) is 4.84 Å². The van der Waals surface area contributed by atoms with E-state index in [1.165, 1.54) is 19.4 Å². The zero-order chi connectivity index (χ0) is 18.0. The van der Waals surface area contributed by atoms with Gasteiger partial charge in [0.15, 0.2) is 0 Å². The van der Waals surface area contributed by atoms with E-state index < -0.39 is 5.91 Å². The summed E-state index contributed by atoms with van der Waals surface area (Å²) in [6.45, 7) is 0.348. The molecule has 0 aromatic carbocycles. The molecule has 1 saturated carbocycles. The lowest BCUT2D eigenvalue weighted by Crippen LogP contribution is -2.35. The molecule has 1 amide bonds. The van der Waals surface area contributed by atoms with E-state index in [0.29, 0.717) is 23.0 Å². The van der Waals surface area contributed by atoms with Crippen LogP contribution in [0, 0.1) is 11.1 Å². The van der Waals surface area contributed by atoms with Crippen LogP contribution in [-0.4, -0.2) is 24.6 Å². The highest BCUT2D eigenvalue weighted by Gasteiger charge is 2.30. The average molecular weight is 384 g/mol. The van der Waals surface area contributed by atoms with E-state index in [4.69, 9.17) is 32.8 Å². The van der Waals surface area contributed by atoms with Crippen molar-refractivity contribution in [2.75, 3.05) is 18.8 Å². The van der Waals surface area contributed by atoms with Crippen LogP contribution in [0.25, 0.3) is 0 Å². The number of hydrogen-bond donors (Lipinski definition) is 0. The van der Waals surface area contributed by atoms with Crippen LogP contribution in [0.3, 0.4) is 0 Å². The fraction of sp³-hybridized carbons (Fsp3) is 0.312. The molecule has 1 fully saturated rings. The van der Waals surface area contributed by atoms with Crippen molar-refractivity contribution in [2.45, 2.75) is 12.8 Å². The van der Waals surface area contributed by atoms with Gasteiger partial charge >= 0.3 is 5.91 Å². The summed E-state index contributed by atoms with van der Waals surface area (Å²) < 4.78 is 5.50. The first-order valence-electron chi connectivity index (χ1n) is 7.55. The molecule has 2 aromatic heterocycles. The van der Waals surface area contributed by atoms with Gasteiger partial charge in [0.2, 0.25) is 12.4 Å². The van der Waals surface area contributed by atoms with Crippen LogP contribution < -0.4 is 14.5 Å². The van der Waals surface area contributed by atoms with Gasteiger partial charge in [0.05, 0.1) is 19.9 Å². The van der Waals surface area contributed by atoms with Crippen LogP contribution in [0.5, 0.6) is 5.75 Å². The first kappa shape index (κ1) is 17.7. The van der Waals surface area contributed by atoms with Crippen LogP contribution in [0.15, 0.2) is 30.7 Å². The van der Waals surface area contributed by atoms with Gasteiger partial charge in [-0.3, -0.25) is 9.63 Å². The van der Waals surface area contributed by atoms with E-state index in [0.717, 1.165) is 30.3 Å². The summed E-state index contributed by atoms with van der Waals surface area (Å²) in [6.07, 6.45) is 5.71. The average Bonchev–Trinajstić information content (AvgIpc) is 3.41. The maximum Gasteiger partial charge on any atom is 0.300 e. The number of carbonyl (C=O) groups is 1. The Kier molecular flexibility index (Phi) is 5.27. The number of anilines is 1. The van der Waals surface area contributed by atoms with Crippen molar-refractivity contribution in [3.05, 3.63) is 51.7 Å². The van der Waals surface area contributed by atoms with Crippen molar-refractivity contribution >= 4 is 34.8 Å². The van der Waals surface area contributed by atoms with E-state index in [2.05, 4.69) is 4.98 Å². The Bertz CT molecular complexity index is 758. The van der Waals surface area contributed by atoms with Gasteiger partial charge in [-0.15, -0.1) is 0 Å². The first-order chi connectivity index (χ1) is 12.0. The number of nitrogens with zero attached hydrogens (tertiary/aromatic N) is 3. The molecule has 0 radical (unpaired) electrons. The molecule has 0 bridgehead atoms. The van der Waals surface area contributed by atoms with Crippen molar-refractivity contribution in [2.24, 2.45) is 5.92 Å². The molecular formula is C16H15Cl2N3O4. The summed E-state index contributed by atoms with van der Waals surface area (Å²) in [6, 6.07) is 3.12. The van der Waals surface area contributed by atoms with Crippen LogP contribution >= 0.6 is 23.2 Å². The number of halogens is 2. The maximum absolute atomic E-state index is 12.9. The molecule has 132 valence electrons. The van der Waals surface area contributed by atoms with Gasteiger partial charge in [-0.2, -0.15) is 9.79 Å². The predicted molar refractivity (Wildman–Crippen MR) is 91.7 cm³/mol. The molecular weight excluding hydrogens is 369 g/mol. The Morgan fingerprint density at radius 2 is 2.04 bits per heavy atom. The molecule has 9 heteroatoms. The highest BCUT2D eigenvalue weighted by Crippen LogP contribution is 2.35. The number of hydroxylamine groups is 1. The van der Waals surface area contributed by atoms with Crippen molar-refractivity contribution in [1.82, 2.24) is 4.98 Å². The normalized spacial score (nSPS) is 13.6. The van der Waals surface area contributed by atoms with Crippen molar-refractivity contribution < 1.29 is 19.1 Å². The van der Waals surface area contributed by atoms with Gasteiger partial charge < -0.3 is 9.94 Å². The number of hydrogen-bond acceptors (Lipinski definition) is 5. The molecule has 1 aliphatic carbocycles. The molecule has 0 N–H and O–H groups in total. The standard InChI is InChI=1S/C16H15Cl2N3O4/c1-24-11-4-5-14(19-6-11)16(22)21(25-9-10-2-3-10)15-12(17)7-20(23)8-13(15)18/h4-8,10H,2-3,9H2,1H3. The molecule has 2 heterocycles. The van der Waals surface area contributed by atoms with Gasteiger partial charge in [0, 0.05) is 0 Å². The molecule has 0 unspecified atom stereocenters. The first-order valence-corrected chi connectivity index (χ1v) is 8.30. The number of amides is 1. The smallest absolute Gasteiger partial charge is 0.300 e. The van der Waals surface area contributed by atoms with Crippen molar-refractivity contribution in [3.63, 3.8) is 0 Å². The Hall–Kier alpha value is -2.09. The predicted octanol–water partition coefficient (Wildman–Crippen LogP) is 3.02. The zero-order valence-corrected chi connectivity index (χ0v) is 14.8. The lowest BCUT2D eigenvalue weighted by Gasteiger charge is -2.23.